The van der Waals surface area contributed by atoms with E-state index in [0.29, 0.717) is 13.1 Å². The maximum Gasteiger partial charge on any atom is 0.460 e. The van der Waals surface area contributed by atoms with E-state index in [0.717, 1.165) is 0 Å². The van der Waals surface area contributed by atoms with Crippen LogP contribution in [0, 0.1) is 0 Å². The average Bonchev–Trinajstić information content (AvgIpc) is 2.45. The second-order valence-electron chi connectivity index (χ2n) is 5.63. The van der Waals surface area contributed by atoms with E-state index in [1.54, 1.807) is 25.3 Å². The van der Waals surface area contributed by atoms with Crippen LogP contribution in [-0.2, 0) is 4.43 Å². The predicted octanol–water partition coefficient (Wildman–Crippen LogP) is 5.30. The SMILES string of the molecule is CCO[Si](C)(CCC(F)(F)C(F)(F)C(F)(F)C(F)(F)F)N(CC)CC. The molecule has 0 rings (SSSR count). The van der Waals surface area contributed by atoms with Crippen LogP contribution >= 0.6 is 0 Å². The Labute approximate surface area is 141 Å². The number of rotatable bonds is 10. The lowest BCUT2D eigenvalue weighted by molar-refractivity contribution is -0.396. The van der Waals surface area contributed by atoms with Gasteiger partial charge in [-0.05, 0) is 32.6 Å². The summed E-state index contributed by atoms with van der Waals surface area (Å²) in [7, 11) is -3.18. The van der Waals surface area contributed by atoms with Crippen molar-refractivity contribution in [1.29, 1.82) is 0 Å². The Morgan fingerprint density at radius 3 is 1.56 bits per heavy atom. The lowest BCUT2D eigenvalue weighted by Crippen LogP contribution is -2.62. The maximum atomic E-state index is 13.7. The Bertz CT molecular complexity index is 426. The lowest BCUT2D eigenvalue weighted by atomic mass is 10.0. The molecule has 25 heavy (non-hydrogen) atoms. The van der Waals surface area contributed by atoms with E-state index in [2.05, 4.69) is 0 Å². The Morgan fingerprint density at radius 2 is 1.24 bits per heavy atom. The van der Waals surface area contributed by atoms with Crippen molar-refractivity contribution < 1.29 is 43.9 Å². The third-order valence-corrected chi connectivity index (χ3v) is 8.06. The van der Waals surface area contributed by atoms with Crippen molar-refractivity contribution >= 4 is 8.48 Å². The van der Waals surface area contributed by atoms with E-state index in [-0.39, 0.29) is 6.61 Å². The molecule has 0 radical (unpaired) electrons. The molecule has 0 aliphatic carbocycles. The number of alkyl halides is 9. The highest BCUT2D eigenvalue weighted by Crippen LogP contribution is 2.54. The summed E-state index contributed by atoms with van der Waals surface area (Å²) in [6.45, 7) is 7.04. The molecule has 0 amide bonds. The largest absolute Gasteiger partial charge is 0.460 e. The normalized spacial score (nSPS) is 17.0. The quantitative estimate of drug-likeness (QED) is 0.360. The zero-order chi connectivity index (χ0) is 20.3. The molecular formula is C13H22F9NOSi. The molecular weight excluding hydrogens is 385 g/mol. The van der Waals surface area contributed by atoms with Gasteiger partial charge in [0.1, 0.15) is 0 Å². The van der Waals surface area contributed by atoms with E-state index < -0.39 is 44.9 Å². The van der Waals surface area contributed by atoms with Gasteiger partial charge in [-0.2, -0.15) is 39.5 Å². The zero-order valence-corrected chi connectivity index (χ0v) is 15.3. The molecule has 0 fully saturated rings. The first-order valence-electron chi connectivity index (χ1n) is 7.63. The van der Waals surface area contributed by atoms with E-state index in [1.807, 2.05) is 0 Å². The summed E-state index contributed by atoms with van der Waals surface area (Å²) < 4.78 is 123. The van der Waals surface area contributed by atoms with Gasteiger partial charge in [-0.3, -0.25) is 0 Å². The average molecular weight is 407 g/mol. The molecule has 1 unspecified atom stereocenters. The van der Waals surface area contributed by atoms with Crippen molar-refractivity contribution in [2.45, 2.75) is 63.7 Å². The maximum absolute atomic E-state index is 13.7. The number of hydrogen-bond acceptors (Lipinski definition) is 2. The standard InChI is InChI=1S/C13H22F9NOSi/c1-5-23(6-2)25(4,24-7-3)9-8-10(14,15)11(16,17)12(18,19)13(20,21)22/h5-9H2,1-4H3. The minimum absolute atomic E-state index is 0.0693. The summed E-state index contributed by atoms with van der Waals surface area (Å²) in [5.74, 6) is -19.0. The third-order valence-electron chi connectivity index (χ3n) is 4.00. The van der Waals surface area contributed by atoms with Crippen LogP contribution in [-0.4, -0.2) is 56.7 Å². The van der Waals surface area contributed by atoms with Gasteiger partial charge in [-0.15, -0.1) is 0 Å². The highest BCUT2D eigenvalue weighted by atomic mass is 28.4. The molecule has 0 aliphatic rings. The summed E-state index contributed by atoms with van der Waals surface area (Å²) in [4.78, 5) is 0. The second kappa shape index (κ2) is 8.03. The third kappa shape index (κ3) is 4.82. The minimum Gasteiger partial charge on any atom is -0.403 e. The van der Waals surface area contributed by atoms with Crippen LogP contribution in [0.2, 0.25) is 12.6 Å². The number of halogens is 9. The van der Waals surface area contributed by atoms with Crippen LogP contribution in [0.5, 0.6) is 0 Å². The fourth-order valence-corrected chi connectivity index (χ4v) is 5.86. The van der Waals surface area contributed by atoms with Gasteiger partial charge >= 0.3 is 23.9 Å². The molecule has 0 saturated heterocycles. The Hall–Kier alpha value is -0.493. The van der Waals surface area contributed by atoms with Crippen LogP contribution in [0.3, 0.4) is 0 Å². The molecule has 1 atom stereocenters. The van der Waals surface area contributed by atoms with Crippen molar-refractivity contribution in [2.75, 3.05) is 19.7 Å². The predicted molar refractivity (Wildman–Crippen MR) is 76.5 cm³/mol. The molecule has 0 bridgehead atoms. The van der Waals surface area contributed by atoms with Crippen molar-refractivity contribution in [3.05, 3.63) is 0 Å². The van der Waals surface area contributed by atoms with Gasteiger partial charge in [0.2, 0.25) is 0 Å². The molecule has 0 N–H and O–H groups in total. The van der Waals surface area contributed by atoms with Crippen molar-refractivity contribution in [3.8, 4) is 0 Å². The molecule has 0 aromatic heterocycles. The summed E-state index contributed by atoms with van der Waals surface area (Å²) in [5.41, 5.74) is 0. The molecule has 0 heterocycles. The highest BCUT2D eigenvalue weighted by Gasteiger charge is 2.81. The van der Waals surface area contributed by atoms with Gasteiger partial charge in [0.05, 0.1) is 0 Å². The molecule has 0 saturated carbocycles. The van der Waals surface area contributed by atoms with Crippen molar-refractivity contribution in [1.82, 2.24) is 4.57 Å². The lowest BCUT2D eigenvalue weighted by Gasteiger charge is -2.39. The van der Waals surface area contributed by atoms with E-state index >= 15 is 0 Å². The van der Waals surface area contributed by atoms with Crippen LogP contribution in [0.4, 0.5) is 39.5 Å². The Balaban J connectivity index is 5.54. The summed E-state index contributed by atoms with van der Waals surface area (Å²) >= 11 is 0. The Kier molecular flexibility index (Phi) is 7.87. The molecule has 0 aliphatic heterocycles. The van der Waals surface area contributed by atoms with Crippen molar-refractivity contribution in [2.24, 2.45) is 0 Å². The molecule has 0 aromatic carbocycles. The van der Waals surface area contributed by atoms with Crippen LogP contribution in [0.15, 0.2) is 0 Å². The molecule has 12 heteroatoms. The van der Waals surface area contributed by atoms with Gasteiger partial charge in [-0.25, -0.2) is 0 Å². The first kappa shape index (κ1) is 24.5. The monoisotopic (exact) mass is 407 g/mol. The zero-order valence-electron chi connectivity index (χ0n) is 14.3. The van der Waals surface area contributed by atoms with Gasteiger partial charge < -0.3 is 8.99 Å². The summed E-state index contributed by atoms with van der Waals surface area (Å²) in [5, 5.41) is 0. The fourth-order valence-electron chi connectivity index (χ4n) is 2.48. The molecule has 2 nitrogen and oxygen atoms in total. The summed E-state index contributed by atoms with van der Waals surface area (Å²) in [6.07, 6.45) is -8.63. The smallest absolute Gasteiger partial charge is 0.403 e. The van der Waals surface area contributed by atoms with Crippen LogP contribution in [0.25, 0.3) is 0 Å². The topological polar surface area (TPSA) is 12.5 Å². The second-order valence-corrected chi connectivity index (χ2v) is 9.40. The summed E-state index contributed by atoms with van der Waals surface area (Å²) in [6, 6.07) is -0.723. The number of hydrogen-bond donors (Lipinski definition) is 0. The Morgan fingerprint density at radius 1 is 0.800 bits per heavy atom. The fraction of sp³-hybridized carbons (Fsp3) is 1.00. The van der Waals surface area contributed by atoms with Gasteiger partial charge in [-0.1, -0.05) is 13.8 Å². The highest BCUT2D eigenvalue weighted by molar-refractivity contribution is 6.69. The van der Waals surface area contributed by atoms with Crippen LogP contribution in [0.1, 0.15) is 27.2 Å². The first-order valence-corrected chi connectivity index (χ1v) is 10.2. The van der Waals surface area contributed by atoms with E-state index in [9.17, 15) is 39.5 Å². The van der Waals surface area contributed by atoms with Gasteiger partial charge in [0, 0.05) is 13.0 Å². The van der Waals surface area contributed by atoms with Gasteiger partial charge in [0.15, 0.2) is 0 Å². The van der Waals surface area contributed by atoms with Crippen LogP contribution < -0.4 is 0 Å². The number of nitrogens with zero attached hydrogens (tertiary/aromatic N) is 1. The van der Waals surface area contributed by atoms with E-state index in [1.165, 1.54) is 6.55 Å². The minimum atomic E-state index is -6.84. The molecule has 152 valence electrons. The van der Waals surface area contributed by atoms with Crippen molar-refractivity contribution in [3.63, 3.8) is 0 Å². The molecule has 0 aromatic rings. The molecule has 0 spiro atoms. The first-order chi connectivity index (χ1) is 11.0. The van der Waals surface area contributed by atoms with E-state index in [4.69, 9.17) is 4.43 Å². The van der Waals surface area contributed by atoms with Gasteiger partial charge in [0.25, 0.3) is 8.48 Å².